The van der Waals surface area contributed by atoms with Gasteiger partial charge in [-0.25, -0.2) is 0 Å². The molecule has 0 N–H and O–H groups in total. The van der Waals surface area contributed by atoms with Crippen molar-refractivity contribution in [1.82, 2.24) is 4.57 Å². The van der Waals surface area contributed by atoms with Gasteiger partial charge in [0, 0.05) is 37.1 Å². The van der Waals surface area contributed by atoms with Crippen LogP contribution in [0.1, 0.15) is 23.2 Å². The average molecular weight is 432 g/mol. The number of benzene rings is 2. The highest BCUT2D eigenvalue weighted by Crippen LogP contribution is 2.41. The van der Waals surface area contributed by atoms with Crippen molar-refractivity contribution in [2.24, 2.45) is 0 Å². The monoisotopic (exact) mass is 432 g/mol. The zero-order valence-electron chi connectivity index (χ0n) is 13.3. The van der Waals surface area contributed by atoms with E-state index in [1.165, 1.54) is 20.2 Å². The lowest BCUT2D eigenvalue weighted by molar-refractivity contribution is -0.585. The molecule has 122 valence electrons. The Labute approximate surface area is 153 Å². The van der Waals surface area contributed by atoms with E-state index in [0.29, 0.717) is 13.0 Å². The molecule has 24 heavy (non-hydrogen) atoms. The van der Waals surface area contributed by atoms with Crippen LogP contribution in [-0.4, -0.2) is 9.49 Å². The summed E-state index contributed by atoms with van der Waals surface area (Å²) in [6, 6.07) is 15.8. The summed E-state index contributed by atoms with van der Waals surface area (Å²) in [7, 11) is 0. The van der Waals surface area contributed by atoms with Crippen LogP contribution < -0.4 is 0 Å². The predicted octanol–water partition coefficient (Wildman–Crippen LogP) is 4.67. The standard InChI is InChI=1S/C19H17IN2O2/c1-13-7-8-16-15(11-13)18(20)17-9-10-19(22(23)24,12-21(16)17)14-5-3-2-4-6-14/h2-8,11H,9-10,12H2,1H3/t19-/m1/s1. The van der Waals surface area contributed by atoms with Crippen LogP contribution in [0.4, 0.5) is 0 Å². The van der Waals surface area contributed by atoms with Gasteiger partial charge in [0.2, 0.25) is 0 Å². The first kappa shape index (κ1) is 15.6. The lowest BCUT2D eigenvalue weighted by Gasteiger charge is -2.31. The van der Waals surface area contributed by atoms with E-state index in [9.17, 15) is 10.1 Å². The van der Waals surface area contributed by atoms with Gasteiger partial charge in [0.15, 0.2) is 0 Å². The lowest BCUT2D eigenvalue weighted by Crippen LogP contribution is -2.43. The molecule has 0 spiro atoms. The number of aryl methyl sites for hydroxylation is 1. The molecule has 4 nitrogen and oxygen atoms in total. The highest BCUT2D eigenvalue weighted by atomic mass is 127. The molecule has 4 rings (SSSR count). The minimum atomic E-state index is -1.05. The summed E-state index contributed by atoms with van der Waals surface area (Å²) in [5.74, 6) is 0. The van der Waals surface area contributed by atoms with Crippen molar-refractivity contribution in [2.45, 2.75) is 31.8 Å². The number of nitrogens with zero attached hydrogens (tertiary/aromatic N) is 2. The second kappa shape index (κ2) is 5.58. The molecule has 5 heteroatoms. The molecule has 0 saturated heterocycles. The third kappa shape index (κ3) is 2.17. The van der Waals surface area contributed by atoms with E-state index >= 15 is 0 Å². The molecule has 1 aromatic heterocycles. The summed E-state index contributed by atoms with van der Waals surface area (Å²) in [5.41, 5.74) is 3.29. The summed E-state index contributed by atoms with van der Waals surface area (Å²) in [6.07, 6.45) is 1.26. The highest BCUT2D eigenvalue weighted by molar-refractivity contribution is 14.1. The van der Waals surface area contributed by atoms with E-state index in [-0.39, 0.29) is 4.92 Å². The van der Waals surface area contributed by atoms with Crippen LogP contribution in [0.3, 0.4) is 0 Å². The molecule has 0 unspecified atom stereocenters. The summed E-state index contributed by atoms with van der Waals surface area (Å²) in [5, 5.41) is 13.3. The number of fused-ring (bicyclic) bond motifs is 3. The van der Waals surface area contributed by atoms with Gasteiger partial charge < -0.3 is 4.57 Å². The molecular formula is C19H17IN2O2. The van der Waals surface area contributed by atoms with Crippen molar-refractivity contribution < 1.29 is 4.92 Å². The van der Waals surface area contributed by atoms with Crippen molar-refractivity contribution in [3.8, 4) is 0 Å². The summed E-state index contributed by atoms with van der Waals surface area (Å²) >= 11 is 2.39. The Morgan fingerprint density at radius 3 is 2.67 bits per heavy atom. The number of nitro groups is 1. The highest BCUT2D eigenvalue weighted by Gasteiger charge is 2.48. The van der Waals surface area contributed by atoms with Crippen LogP contribution in [0.5, 0.6) is 0 Å². The van der Waals surface area contributed by atoms with Crippen LogP contribution in [0.15, 0.2) is 48.5 Å². The zero-order chi connectivity index (χ0) is 16.9. The average Bonchev–Trinajstić information content (AvgIpc) is 2.87. The minimum absolute atomic E-state index is 0.0852. The first-order valence-electron chi connectivity index (χ1n) is 8.00. The SMILES string of the molecule is Cc1ccc2c(c1)c(I)c1n2C[C@](c2ccccc2)([N+](=O)[O-])CC1. The van der Waals surface area contributed by atoms with Gasteiger partial charge in [-0.1, -0.05) is 42.0 Å². The molecule has 3 aromatic rings. The molecule has 0 amide bonds. The maximum Gasteiger partial charge on any atom is 0.265 e. The zero-order valence-corrected chi connectivity index (χ0v) is 15.5. The van der Waals surface area contributed by atoms with E-state index in [2.05, 4.69) is 52.3 Å². The molecular weight excluding hydrogens is 415 g/mol. The van der Waals surface area contributed by atoms with Crippen LogP contribution in [0, 0.1) is 20.6 Å². The Hall–Kier alpha value is -1.89. The molecule has 0 fully saturated rings. The van der Waals surface area contributed by atoms with Crippen LogP contribution >= 0.6 is 22.6 Å². The molecule has 0 aliphatic carbocycles. The number of rotatable bonds is 2. The van der Waals surface area contributed by atoms with Crippen LogP contribution in [0.25, 0.3) is 10.9 Å². The van der Waals surface area contributed by atoms with Gasteiger partial charge in [0.1, 0.15) is 0 Å². The van der Waals surface area contributed by atoms with Crippen molar-refractivity contribution in [1.29, 1.82) is 0 Å². The molecule has 1 atom stereocenters. The van der Waals surface area contributed by atoms with E-state index < -0.39 is 5.54 Å². The van der Waals surface area contributed by atoms with Gasteiger partial charge in [0.25, 0.3) is 5.54 Å². The quantitative estimate of drug-likeness (QED) is 0.336. The van der Waals surface area contributed by atoms with E-state index in [1.807, 2.05) is 30.3 Å². The van der Waals surface area contributed by atoms with Gasteiger partial charge in [-0.2, -0.15) is 0 Å². The van der Waals surface area contributed by atoms with Gasteiger partial charge >= 0.3 is 0 Å². The van der Waals surface area contributed by atoms with Gasteiger partial charge in [-0.15, -0.1) is 0 Å². The Kier molecular flexibility index (Phi) is 3.63. The fraction of sp³-hybridized carbons (Fsp3) is 0.263. The molecule has 1 aliphatic rings. The van der Waals surface area contributed by atoms with E-state index in [1.54, 1.807) is 0 Å². The topological polar surface area (TPSA) is 48.1 Å². The van der Waals surface area contributed by atoms with E-state index in [0.717, 1.165) is 17.5 Å². The number of hydrogen-bond acceptors (Lipinski definition) is 2. The van der Waals surface area contributed by atoms with Gasteiger partial charge in [-0.3, -0.25) is 10.1 Å². The first-order valence-corrected chi connectivity index (χ1v) is 9.08. The Morgan fingerprint density at radius 1 is 1.21 bits per heavy atom. The molecule has 0 bridgehead atoms. The summed E-state index contributed by atoms with van der Waals surface area (Å²) in [4.78, 5) is 12.0. The Morgan fingerprint density at radius 2 is 1.96 bits per heavy atom. The van der Waals surface area contributed by atoms with Crippen molar-refractivity contribution in [3.05, 3.63) is 79.0 Å². The van der Waals surface area contributed by atoms with Crippen molar-refractivity contribution in [3.63, 3.8) is 0 Å². The summed E-state index contributed by atoms with van der Waals surface area (Å²) in [6.45, 7) is 2.47. The molecule has 2 aromatic carbocycles. The van der Waals surface area contributed by atoms with Crippen LogP contribution in [0.2, 0.25) is 0 Å². The first-order chi connectivity index (χ1) is 11.5. The number of hydrogen-bond donors (Lipinski definition) is 0. The predicted molar refractivity (Wildman–Crippen MR) is 103 cm³/mol. The molecule has 0 radical (unpaired) electrons. The maximum atomic E-state index is 12.1. The van der Waals surface area contributed by atoms with Crippen molar-refractivity contribution in [2.75, 3.05) is 0 Å². The molecule has 0 saturated carbocycles. The maximum absolute atomic E-state index is 12.1. The lowest BCUT2D eigenvalue weighted by atomic mass is 9.83. The van der Waals surface area contributed by atoms with Crippen LogP contribution in [-0.2, 0) is 18.5 Å². The second-order valence-corrected chi connectivity index (χ2v) is 7.60. The third-order valence-electron chi connectivity index (χ3n) is 5.11. The fourth-order valence-electron chi connectivity index (χ4n) is 3.81. The fourth-order valence-corrected chi connectivity index (χ4v) is 4.80. The van der Waals surface area contributed by atoms with Crippen molar-refractivity contribution >= 4 is 33.5 Å². The Balaban J connectivity index is 1.93. The molecule has 2 heterocycles. The largest absolute Gasteiger partial charge is 0.336 e. The smallest absolute Gasteiger partial charge is 0.265 e. The third-order valence-corrected chi connectivity index (χ3v) is 6.32. The normalized spacial score (nSPS) is 20.1. The second-order valence-electron chi connectivity index (χ2n) is 6.52. The number of aromatic nitrogens is 1. The van der Waals surface area contributed by atoms with Gasteiger partial charge in [-0.05, 0) is 48.1 Å². The molecule has 1 aliphatic heterocycles. The van der Waals surface area contributed by atoms with Gasteiger partial charge in [0.05, 0.1) is 6.54 Å². The summed E-state index contributed by atoms with van der Waals surface area (Å²) < 4.78 is 3.40. The van der Waals surface area contributed by atoms with E-state index in [4.69, 9.17) is 0 Å². The number of halogens is 1. The minimum Gasteiger partial charge on any atom is -0.336 e. The Bertz CT molecular complexity index is 949.